The molecule has 2 aliphatic rings. The summed E-state index contributed by atoms with van der Waals surface area (Å²) in [5, 5.41) is 7.60. The number of amides is 2. The van der Waals surface area contributed by atoms with Crippen molar-refractivity contribution >= 4 is 32.3 Å². The zero-order valence-electron chi connectivity index (χ0n) is 13.7. The number of anilines is 1. The summed E-state index contributed by atoms with van der Waals surface area (Å²) in [5.74, 6) is 1.49. The number of benzene rings is 1. The summed E-state index contributed by atoms with van der Waals surface area (Å²) in [4.78, 5) is 16.4. The number of carbonyl (C=O) groups excluding carboxylic acids is 1. The van der Waals surface area contributed by atoms with Crippen molar-refractivity contribution in [3.05, 3.63) is 23.6 Å². The Morgan fingerprint density at radius 1 is 1.23 bits per heavy atom. The molecule has 138 valence electrons. The van der Waals surface area contributed by atoms with Crippen LogP contribution < -0.4 is 20.1 Å². The summed E-state index contributed by atoms with van der Waals surface area (Å²) in [6, 6.07) is 4.78. The fourth-order valence-electron chi connectivity index (χ4n) is 2.89. The van der Waals surface area contributed by atoms with Crippen molar-refractivity contribution in [1.29, 1.82) is 0 Å². The van der Waals surface area contributed by atoms with E-state index in [4.69, 9.17) is 9.47 Å². The summed E-state index contributed by atoms with van der Waals surface area (Å²) in [6.45, 7) is 1.05. The summed E-state index contributed by atoms with van der Waals surface area (Å²) < 4.78 is 34.0. The quantitative estimate of drug-likeness (QED) is 0.822. The molecule has 0 bridgehead atoms. The molecule has 26 heavy (non-hydrogen) atoms. The summed E-state index contributed by atoms with van der Waals surface area (Å²) in [5.41, 5.74) is 1.58. The lowest BCUT2D eigenvalue weighted by molar-refractivity contribution is 0.171. The number of sulfone groups is 1. The Morgan fingerprint density at radius 3 is 2.81 bits per heavy atom. The molecular weight excluding hydrogens is 378 g/mol. The summed E-state index contributed by atoms with van der Waals surface area (Å²) >= 11 is 1.29. The predicted molar refractivity (Wildman–Crippen MR) is 97.8 cm³/mol. The second-order valence-electron chi connectivity index (χ2n) is 6.09. The maximum Gasteiger partial charge on any atom is 0.321 e. The van der Waals surface area contributed by atoms with E-state index in [2.05, 4.69) is 15.6 Å². The molecule has 1 fully saturated rings. The van der Waals surface area contributed by atoms with Crippen LogP contribution >= 0.6 is 11.3 Å². The van der Waals surface area contributed by atoms with Gasteiger partial charge in [-0.1, -0.05) is 0 Å². The van der Waals surface area contributed by atoms with Gasteiger partial charge in [0.15, 0.2) is 26.5 Å². The molecule has 1 aromatic carbocycles. The molecule has 2 aromatic rings. The van der Waals surface area contributed by atoms with Crippen molar-refractivity contribution in [2.75, 3.05) is 30.0 Å². The van der Waals surface area contributed by atoms with Crippen LogP contribution in [0.25, 0.3) is 11.3 Å². The third-order valence-corrected chi connectivity index (χ3v) is 6.66. The molecule has 2 N–H and O–H groups in total. The molecule has 1 atom stereocenters. The van der Waals surface area contributed by atoms with E-state index in [0.717, 1.165) is 5.56 Å². The number of thiazole rings is 1. The van der Waals surface area contributed by atoms with Crippen LogP contribution in [0.3, 0.4) is 0 Å². The maximum atomic E-state index is 12.0. The van der Waals surface area contributed by atoms with Crippen LogP contribution in [0.4, 0.5) is 9.93 Å². The van der Waals surface area contributed by atoms with Gasteiger partial charge in [0.25, 0.3) is 0 Å². The minimum Gasteiger partial charge on any atom is -0.486 e. The summed E-state index contributed by atoms with van der Waals surface area (Å²) in [6.07, 6.45) is 0.441. The Kier molecular flexibility index (Phi) is 4.45. The van der Waals surface area contributed by atoms with Gasteiger partial charge >= 0.3 is 6.03 Å². The molecule has 0 saturated carbocycles. The van der Waals surface area contributed by atoms with Crippen molar-refractivity contribution in [1.82, 2.24) is 10.3 Å². The van der Waals surface area contributed by atoms with Crippen molar-refractivity contribution in [3.8, 4) is 22.8 Å². The summed E-state index contributed by atoms with van der Waals surface area (Å²) in [7, 11) is -3.03. The van der Waals surface area contributed by atoms with Crippen LogP contribution in [-0.2, 0) is 9.84 Å². The largest absolute Gasteiger partial charge is 0.486 e. The molecule has 2 aliphatic heterocycles. The second-order valence-corrected chi connectivity index (χ2v) is 9.18. The van der Waals surface area contributed by atoms with Gasteiger partial charge in [0.2, 0.25) is 0 Å². The zero-order chi connectivity index (χ0) is 18.1. The molecule has 4 rings (SSSR count). The molecule has 0 spiro atoms. The van der Waals surface area contributed by atoms with Crippen LogP contribution in [0.5, 0.6) is 11.5 Å². The second kappa shape index (κ2) is 6.76. The number of aromatic nitrogens is 1. The average molecular weight is 395 g/mol. The van der Waals surface area contributed by atoms with Crippen LogP contribution in [0, 0.1) is 0 Å². The minimum absolute atomic E-state index is 0.0132. The Balaban J connectivity index is 1.41. The van der Waals surface area contributed by atoms with Gasteiger partial charge in [-0.15, -0.1) is 11.3 Å². The van der Waals surface area contributed by atoms with E-state index in [9.17, 15) is 13.2 Å². The van der Waals surface area contributed by atoms with Gasteiger partial charge in [0.1, 0.15) is 13.2 Å². The fraction of sp³-hybridized carbons (Fsp3) is 0.375. The Morgan fingerprint density at radius 2 is 2.04 bits per heavy atom. The van der Waals surface area contributed by atoms with Gasteiger partial charge in [-0.25, -0.2) is 18.2 Å². The first-order valence-corrected chi connectivity index (χ1v) is 10.8. The van der Waals surface area contributed by atoms with Crippen LogP contribution in [0.15, 0.2) is 23.6 Å². The first kappa shape index (κ1) is 17.1. The van der Waals surface area contributed by atoms with Crippen molar-refractivity contribution < 1.29 is 22.7 Å². The smallest absolute Gasteiger partial charge is 0.321 e. The number of hydrogen-bond acceptors (Lipinski definition) is 7. The van der Waals surface area contributed by atoms with Crippen LogP contribution in [0.2, 0.25) is 0 Å². The van der Waals surface area contributed by atoms with E-state index in [1.807, 2.05) is 23.6 Å². The normalized spacial score (nSPS) is 20.5. The molecule has 2 amide bonds. The monoisotopic (exact) mass is 395 g/mol. The number of ether oxygens (including phenoxy) is 2. The highest BCUT2D eigenvalue weighted by Crippen LogP contribution is 2.35. The van der Waals surface area contributed by atoms with Gasteiger partial charge in [-0.2, -0.15) is 0 Å². The molecule has 0 unspecified atom stereocenters. The number of carbonyl (C=O) groups is 1. The standard InChI is InChI=1S/C16H17N3O5S2/c20-15(17-11-3-6-26(21,22)9-11)19-16-18-12(8-25-16)10-1-2-13-14(7-10)24-5-4-23-13/h1-2,7-8,11H,3-6,9H2,(H2,17,18,19,20)/t11-/m1/s1. The predicted octanol–water partition coefficient (Wildman–Crippen LogP) is 1.89. The third-order valence-electron chi connectivity index (χ3n) is 4.13. The number of rotatable bonds is 3. The van der Waals surface area contributed by atoms with Gasteiger partial charge in [0, 0.05) is 17.0 Å². The SMILES string of the molecule is O=C(Nc1nc(-c2ccc3c(c2)OCCO3)cs1)N[C@@H]1CCS(=O)(=O)C1. The van der Waals surface area contributed by atoms with Crippen molar-refractivity contribution in [3.63, 3.8) is 0 Å². The van der Waals surface area contributed by atoms with E-state index in [1.54, 1.807) is 0 Å². The van der Waals surface area contributed by atoms with Crippen LogP contribution in [-0.4, -0.2) is 50.2 Å². The van der Waals surface area contributed by atoms with E-state index in [1.165, 1.54) is 11.3 Å². The zero-order valence-corrected chi connectivity index (χ0v) is 15.4. The van der Waals surface area contributed by atoms with E-state index in [0.29, 0.717) is 42.0 Å². The van der Waals surface area contributed by atoms with Gasteiger partial charge in [-0.05, 0) is 24.6 Å². The molecule has 0 aliphatic carbocycles. The molecular formula is C16H17N3O5S2. The van der Waals surface area contributed by atoms with Crippen molar-refractivity contribution in [2.24, 2.45) is 0 Å². The van der Waals surface area contributed by atoms with Crippen LogP contribution in [0.1, 0.15) is 6.42 Å². The maximum absolute atomic E-state index is 12.0. The number of nitrogens with one attached hydrogen (secondary N) is 2. The highest BCUT2D eigenvalue weighted by Gasteiger charge is 2.29. The number of fused-ring (bicyclic) bond motifs is 1. The van der Waals surface area contributed by atoms with Crippen molar-refractivity contribution in [2.45, 2.75) is 12.5 Å². The Labute approximate surface area is 154 Å². The van der Waals surface area contributed by atoms with E-state index < -0.39 is 15.9 Å². The van der Waals surface area contributed by atoms with E-state index >= 15 is 0 Å². The highest BCUT2D eigenvalue weighted by molar-refractivity contribution is 7.91. The lowest BCUT2D eigenvalue weighted by Gasteiger charge is -2.18. The third kappa shape index (κ3) is 3.75. The van der Waals surface area contributed by atoms with Gasteiger partial charge in [0.05, 0.1) is 17.2 Å². The molecule has 10 heteroatoms. The highest BCUT2D eigenvalue weighted by atomic mass is 32.2. The lowest BCUT2D eigenvalue weighted by atomic mass is 10.1. The van der Waals surface area contributed by atoms with E-state index in [-0.39, 0.29) is 17.5 Å². The Bertz CT molecular complexity index is 941. The van der Waals surface area contributed by atoms with Gasteiger partial charge < -0.3 is 14.8 Å². The molecule has 8 nitrogen and oxygen atoms in total. The molecule has 1 saturated heterocycles. The number of urea groups is 1. The van der Waals surface area contributed by atoms with Gasteiger partial charge in [-0.3, -0.25) is 5.32 Å². The number of hydrogen-bond donors (Lipinski definition) is 2. The molecule has 1 aromatic heterocycles. The first-order valence-electron chi connectivity index (χ1n) is 8.12. The topological polar surface area (TPSA) is 107 Å². The molecule has 0 radical (unpaired) electrons. The number of nitrogens with zero attached hydrogens (tertiary/aromatic N) is 1. The fourth-order valence-corrected chi connectivity index (χ4v) is 5.28. The molecule has 3 heterocycles. The average Bonchev–Trinajstić information content (AvgIpc) is 3.20. The first-order chi connectivity index (χ1) is 12.5. The Hall–Kier alpha value is -2.33. The lowest BCUT2D eigenvalue weighted by Crippen LogP contribution is -2.38. The minimum atomic E-state index is -3.03.